The molecule has 3 atom stereocenters. The molecule has 0 amide bonds. The minimum absolute atomic E-state index is 0.745. The summed E-state index contributed by atoms with van der Waals surface area (Å²) in [6.45, 7) is 5.74. The van der Waals surface area contributed by atoms with Crippen LogP contribution < -0.4 is 5.32 Å². The van der Waals surface area contributed by atoms with Crippen LogP contribution in [0.25, 0.3) is 0 Å². The Bertz CT molecular complexity index is 187. The summed E-state index contributed by atoms with van der Waals surface area (Å²) in [5, 5.41) is 3.45. The van der Waals surface area contributed by atoms with Gasteiger partial charge >= 0.3 is 0 Å². The van der Waals surface area contributed by atoms with Gasteiger partial charge in [0, 0.05) is 18.6 Å². The fraction of sp³-hybridized carbons (Fsp3) is 1.00. The fourth-order valence-corrected chi connectivity index (χ4v) is 3.18. The second-order valence-corrected chi connectivity index (χ2v) is 4.98. The summed E-state index contributed by atoms with van der Waals surface area (Å²) in [5.41, 5.74) is 0. The van der Waals surface area contributed by atoms with Gasteiger partial charge in [-0.1, -0.05) is 0 Å². The minimum atomic E-state index is 0.745. The molecule has 14 heavy (non-hydrogen) atoms. The summed E-state index contributed by atoms with van der Waals surface area (Å²) >= 11 is 0. The van der Waals surface area contributed by atoms with Crippen molar-refractivity contribution in [1.82, 2.24) is 10.2 Å². The molecule has 3 fully saturated rings. The minimum Gasteiger partial charge on any atom is -0.378 e. The van der Waals surface area contributed by atoms with Crippen molar-refractivity contribution in [3.8, 4) is 0 Å². The normalized spacial score (nSPS) is 43.3. The highest BCUT2D eigenvalue weighted by molar-refractivity contribution is 4.92. The molecule has 2 bridgehead atoms. The topological polar surface area (TPSA) is 24.5 Å². The average molecular weight is 196 g/mol. The molecule has 0 aromatic heterocycles. The lowest BCUT2D eigenvalue weighted by molar-refractivity contribution is -0.0201. The number of nitrogens with zero attached hydrogens (tertiary/aromatic N) is 1. The molecule has 3 rings (SSSR count). The summed E-state index contributed by atoms with van der Waals surface area (Å²) in [7, 11) is 0. The van der Waals surface area contributed by atoms with Gasteiger partial charge in [0.25, 0.3) is 0 Å². The molecule has 3 aliphatic heterocycles. The highest BCUT2D eigenvalue weighted by Crippen LogP contribution is 2.30. The van der Waals surface area contributed by atoms with Crippen LogP contribution in [0, 0.1) is 5.92 Å². The van der Waals surface area contributed by atoms with Gasteiger partial charge < -0.3 is 10.1 Å². The third kappa shape index (κ3) is 1.58. The van der Waals surface area contributed by atoms with Crippen LogP contribution in [0.15, 0.2) is 0 Å². The molecule has 0 saturated carbocycles. The largest absolute Gasteiger partial charge is 0.378 e. The third-order valence-electron chi connectivity index (χ3n) is 4.02. The van der Waals surface area contributed by atoms with Gasteiger partial charge in [-0.3, -0.25) is 4.90 Å². The van der Waals surface area contributed by atoms with E-state index in [1.165, 1.54) is 38.9 Å². The average Bonchev–Trinajstić information content (AvgIpc) is 2.75. The predicted molar refractivity (Wildman–Crippen MR) is 55.3 cm³/mol. The molecule has 3 saturated heterocycles. The van der Waals surface area contributed by atoms with Gasteiger partial charge in [0.2, 0.25) is 0 Å². The maximum Gasteiger partial charge on any atom is 0.0622 e. The van der Waals surface area contributed by atoms with Gasteiger partial charge in [0.1, 0.15) is 0 Å². The Morgan fingerprint density at radius 1 is 1.14 bits per heavy atom. The van der Waals surface area contributed by atoms with Crippen molar-refractivity contribution < 1.29 is 4.74 Å². The van der Waals surface area contributed by atoms with Crippen LogP contribution in [0.1, 0.15) is 19.3 Å². The number of ether oxygens (including phenoxy) is 1. The van der Waals surface area contributed by atoms with Crippen molar-refractivity contribution in [2.75, 3.05) is 32.8 Å². The zero-order valence-corrected chi connectivity index (χ0v) is 8.74. The van der Waals surface area contributed by atoms with E-state index in [1.54, 1.807) is 0 Å². The van der Waals surface area contributed by atoms with Crippen molar-refractivity contribution in [1.29, 1.82) is 0 Å². The van der Waals surface area contributed by atoms with Crippen molar-refractivity contribution in [2.45, 2.75) is 31.3 Å². The Balaban J connectivity index is 1.61. The molecule has 3 heteroatoms. The third-order valence-corrected chi connectivity index (χ3v) is 4.02. The highest BCUT2D eigenvalue weighted by atomic mass is 16.5. The van der Waals surface area contributed by atoms with Gasteiger partial charge in [-0.25, -0.2) is 0 Å². The summed E-state index contributed by atoms with van der Waals surface area (Å²) in [6.07, 6.45) is 4.10. The van der Waals surface area contributed by atoms with Gasteiger partial charge in [-0.05, 0) is 38.3 Å². The lowest BCUT2D eigenvalue weighted by Gasteiger charge is -2.36. The molecule has 3 unspecified atom stereocenters. The smallest absolute Gasteiger partial charge is 0.0622 e. The van der Waals surface area contributed by atoms with E-state index in [-0.39, 0.29) is 0 Å². The number of hydrogen-bond acceptors (Lipinski definition) is 3. The monoisotopic (exact) mass is 196 g/mol. The zero-order valence-electron chi connectivity index (χ0n) is 8.74. The van der Waals surface area contributed by atoms with E-state index in [0.717, 1.165) is 31.2 Å². The number of fused-ring (bicyclic) bond motifs is 2. The number of morpholine rings is 1. The highest BCUT2D eigenvalue weighted by Gasteiger charge is 2.38. The molecule has 0 radical (unpaired) electrons. The van der Waals surface area contributed by atoms with Crippen LogP contribution in [0.5, 0.6) is 0 Å². The second kappa shape index (κ2) is 3.80. The van der Waals surface area contributed by atoms with Crippen molar-refractivity contribution in [2.24, 2.45) is 5.92 Å². The molecular weight excluding hydrogens is 176 g/mol. The van der Waals surface area contributed by atoms with Crippen LogP contribution >= 0.6 is 0 Å². The van der Waals surface area contributed by atoms with E-state index in [1.807, 2.05) is 0 Å². The number of hydrogen-bond donors (Lipinski definition) is 1. The van der Waals surface area contributed by atoms with E-state index < -0.39 is 0 Å². The van der Waals surface area contributed by atoms with E-state index in [0.29, 0.717) is 0 Å². The van der Waals surface area contributed by atoms with Gasteiger partial charge in [0.15, 0.2) is 0 Å². The van der Waals surface area contributed by atoms with Crippen molar-refractivity contribution >= 4 is 0 Å². The van der Waals surface area contributed by atoms with Crippen LogP contribution in [-0.2, 0) is 4.74 Å². The van der Waals surface area contributed by atoms with Crippen LogP contribution in [0.3, 0.4) is 0 Å². The van der Waals surface area contributed by atoms with E-state index in [9.17, 15) is 0 Å². The predicted octanol–water partition coefficient (Wildman–Crippen LogP) is 0.459. The molecule has 0 aliphatic carbocycles. The number of nitrogens with one attached hydrogen (secondary N) is 1. The molecule has 3 heterocycles. The summed E-state index contributed by atoms with van der Waals surface area (Å²) < 4.78 is 5.59. The summed E-state index contributed by atoms with van der Waals surface area (Å²) in [5.74, 6) is 0.899. The van der Waals surface area contributed by atoms with Crippen molar-refractivity contribution in [3.05, 3.63) is 0 Å². The first-order valence-electron chi connectivity index (χ1n) is 5.97. The Morgan fingerprint density at radius 3 is 2.57 bits per heavy atom. The second-order valence-electron chi connectivity index (χ2n) is 4.98. The number of rotatable bonds is 2. The van der Waals surface area contributed by atoms with Gasteiger partial charge in [-0.15, -0.1) is 0 Å². The van der Waals surface area contributed by atoms with Crippen molar-refractivity contribution in [3.63, 3.8) is 0 Å². The first kappa shape index (κ1) is 9.13. The molecule has 0 aromatic carbocycles. The van der Waals surface area contributed by atoms with Crippen LogP contribution in [-0.4, -0.2) is 49.8 Å². The molecule has 3 aliphatic rings. The van der Waals surface area contributed by atoms with Crippen LogP contribution in [0.2, 0.25) is 0 Å². The van der Waals surface area contributed by atoms with E-state index >= 15 is 0 Å². The summed E-state index contributed by atoms with van der Waals surface area (Å²) in [6, 6.07) is 1.49. The molecule has 0 spiro atoms. The molecule has 80 valence electrons. The van der Waals surface area contributed by atoms with Gasteiger partial charge in [-0.2, -0.15) is 0 Å². The first-order valence-corrected chi connectivity index (χ1v) is 5.97. The van der Waals surface area contributed by atoms with Gasteiger partial charge in [0.05, 0.1) is 13.2 Å². The Hall–Kier alpha value is -0.120. The Morgan fingerprint density at radius 2 is 1.93 bits per heavy atom. The maximum absolute atomic E-state index is 5.59. The SMILES string of the molecule is C1CC(CN2C3CCC2COC3)CN1. The van der Waals surface area contributed by atoms with E-state index in [2.05, 4.69) is 10.2 Å². The quantitative estimate of drug-likeness (QED) is 0.694. The lowest BCUT2D eigenvalue weighted by Crippen LogP contribution is -2.48. The Kier molecular flexibility index (Phi) is 2.48. The standard InChI is InChI=1S/C11H20N2O/c1-2-11-8-14-7-10(1)13(11)6-9-3-4-12-5-9/h9-12H,1-8H2. The van der Waals surface area contributed by atoms with Crippen LogP contribution in [0.4, 0.5) is 0 Å². The summed E-state index contributed by atoms with van der Waals surface area (Å²) in [4.78, 5) is 2.72. The fourth-order valence-electron chi connectivity index (χ4n) is 3.18. The molecule has 3 nitrogen and oxygen atoms in total. The molecule has 1 N–H and O–H groups in total. The first-order chi connectivity index (χ1) is 6.93. The van der Waals surface area contributed by atoms with E-state index in [4.69, 9.17) is 4.74 Å². The maximum atomic E-state index is 5.59. The molecule has 0 aromatic rings. The lowest BCUT2D eigenvalue weighted by atomic mass is 10.1. The molecular formula is C11H20N2O. The Labute approximate surface area is 85.8 Å². The zero-order chi connectivity index (χ0) is 9.38.